The standard InChI is InChI=1S/C21H26N6.HI/c1-2-22-21(23-15-9-12-18-10-5-3-6-11-18)24-16-20-26-25-17-27(20)19-13-7-4-8-14-19;/h3-8,10-11,13-14,17H,2,9,12,15-16H2,1H3,(H2,22,23,24);1H. The van der Waals surface area contributed by atoms with Crippen LogP contribution in [0.5, 0.6) is 0 Å². The quantitative estimate of drug-likeness (QED) is 0.219. The van der Waals surface area contributed by atoms with Crippen LogP contribution in [0.25, 0.3) is 5.69 Å². The summed E-state index contributed by atoms with van der Waals surface area (Å²) >= 11 is 0. The molecule has 1 aromatic heterocycles. The number of nitrogens with one attached hydrogen (secondary N) is 2. The number of benzene rings is 2. The maximum Gasteiger partial charge on any atom is 0.191 e. The van der Waals surface area contributed by atoms with Gasteiger partial charge in [-0.25, -0.2) is 4.99 Å². The second kappa shape index (κ2) is 12.1. The fourth-order valence-corrected chi connectivity index (χ4v) is 2.81. The van der Waals surface area contributed by atoms with Crippen LogP contribution in [0.15, 0.2) is 72.0 Å². The summed E-state index contributed by atoms with van der Waals surface area (Å²) in [4.78, 5) is 4.66. The van der Waals surface area contributed by atoms with E-state index in [2.05, 4.69) is 57.0 Å². The monoisotopic (exact) mass is 490 g/mol. The molecule has 0 aliphatic rings. The Morgan fingerprint density at radius 2 is 1.71 bits per heavy atom. The van der Waals surface area contributed by atoms with Crippen LogP contribution >= 0.6 is 24.0 Å². The maximum atomic E-state index is 4.66. The van der Waals surface area contributed by atoms with Gasteiger partial charge in [0.25, 0.3) is 0 Å². The first-order valence-corrected chi connectivity index (χ1v) is 9.37. The lowest BCUT2D eigenvalue weighted by atomic mass is 10.1. The van der Waals surface area contributed by atoms with E-state index in [1.54, 1.807) is 6.33 Å². The summed E-state index contributed by atoms with van der Waals surface area (Å²) in [6.45, 7) is 4.21. The van der Waals surface area contributed by atoms with Gasteiger partial charge in [0.05, 0.1) is 0 Å². The molecule has 0 spiro atoms. The summed E-state index contributed by atoms with van der Waals surface area (Å²) in [5.74, 6) is 1.61. The second-order valence-electron chi connectivity index (χ2n) is 6.16. The van der Waals surface area contributed by atoms with Crippen molar-refractivity contribution in [3.8, 4) is 5.69 Å². The number of guanidine groups is 1. The lowest BCUT2D eigenvalue weighted by molar-refractivity contribution is 0.739. The summed E-state index contributed by atoms with van der Waals surface area (Å²) in [5, 5.41) is 14.9. The number of aliphatic imine (C=N–C) groups is 1. The number of hydrogen-bond acceptors (Lipinski definition) is 3. The zero-order valence-electron chi connectivity index (χ0n) is 16.1. The second-order valence-corrected chi connectivity index (χ2v) is 6.16. The molecule has 0 radical (unpaired) electrons. The molecular weight excluding hydrogens is 463 g/mol. The Morgan fingerprint density at radius 3 is 2.43 bits per heavy atom. The first-order chi connectivity index (χ1) is 13.4. The molecule has 0 unspecified atom stereocenters. The van der Waals surface area contributed by atoms with Crippen molar-refractivity contribution in [2.24, 2.45) is 4.99 Å². The van der Waals surface area contributed by atoms with Crippen molar-refractivity contribution in [2.75, 3.05) is 13.1 Å². The van der Waals surface area contributed by atoms with Gasteiger partial charge in [-0.3, -0.25) is 4.57 Å². The van der Waals surface area contributed by atoms with E-state index in [1.165, 1.54) is 5.56 Å². The third kappa shape index (κ3) is 6.63. The Hall–Kier alpha value is -2.42. The molecule has 0 aliphatic heterocycles. The van der Waals surface area contributed by atoms with E-state index in [1.807, 2.05) is 41.0 Å². The Morgan fingerprint density at radius 1 is 1.00 bits per heavy atom. The van der Waals surface area contributed by atoms with E-state index in [0.717, 1.165) is 43.4 Å². The highest BCUT2D eigenvalue weighted by Crippen LogP contribution is 2.09. The van der Waals surface area contributed by atoms with Gasteiger partial charge in [0, 0.05) is 18.8 Å². The normalized spacial score (nSPS) is 11.0. The molecule has 0 fully saturated rings. The number of aryl methyl sites for hydroxylation is 1. The summed E-state index contributed by atoms with van der Waals surface area (Å²) in [7, 11) is 0. The Bertz CT molecular complexity index is 832. The van der Waals surface area contributed by atoms with Crippen molar-refractivity contribution in [1.82, 2.24) is 25.4 Å². The molecule has 28 heavy (non-hydrogen) atoms. The van der Waals surface area contributed by atoms with E-state index in [0.29, 0.717) is 6.54 Å². The highest BCUT2D eigenvalue weighted by Gasteiger charge is 2.06. The van der Waals surface area contributed by atoms with Gasteiger partial charge >= 0.3 is 0 Å². The lowest BCUT2D eigenvalue weighted by Crippen LogP contribution is -2.38. The van der Waals surface area contributed by atoms with Crippen LogP contribution in [-0.4, -0.2) is 33.8 Å². The first kappa shape index (κ1) is 21.9. The molecule has 148 valence electrons. The topological polar surface area (TPSA) is 67.1 Å². The molecule has 0 saturated heterocycles. The maximum absolute atomic E-state index is 4.66. The van der Waals surface area contributed by atoms with Crippen molar-refractivity contribution in [3.05, 3.63) is 78.4 Å². The van der Waals surface area contributed by atoms with Gasteiger partial charge < -0.3 is 10.6 Å². The van der Waals surface area contributed by atoms with Gasteiger partial charge in [-0.1, -0.05) is 48.5 Å². The molecule has 7 heteroatoms. The SMILES string of the molecule is CCNC(=NCc1nncn1-c1ccccc1)NCCCc1ccccc1.I. The van der Waals surface area contributed by atoms with E-state index in [4.69, 9.17) is 0 Å². The Balaban J connectivity index is 0.00000280. The third-order valence-corrected chi connectivity index (χ3v) is 4.15. The molecule has 0 bridgehead atoms. The zero-order valence-corrected chi connectivity index (χ0v) is 18.4. The summed E-state index contributed by atoms with van der Waals surface area (Å²) in [5.41, 5.74) is 2.39. The van der Waals surface area contributed by atoms with Gasteiger partial charge in [-0.15, -0.1) is 34.2 Å². The number of aromatic nitrogens is 3. The molecule has 0 atom stereocenters. The van der Waals surface area contributed by atoms with Crippen LogP contribution in [0.4, 0.5) is 0 Å². The zero-order chi connectivity index (χ0) is 18.7. The van der Waals surface area contributed by atoms with E-state index in [9.17, 15) is 0 Å². The van der Waals surface area contributed by atoms with Crippen molar-refractivity contribution in [2.45, 2.75) is 26.3 Å². The molecule has 2 N–H and O–H groups in total. The molecular formula is C21H27IN6. The lowest BCUT2D eigenvalue weighted by Gasteiger charge is -2.11. The minimum atomic E-state index is 0. The molecule has 0 aliphatic carbocycles. The van der Waals surface area contributed by atoms with Crippen molar-refractivity contribution >= 4 is 29.9 Å². The first-order valence-electron chi connectivity index (χ1n) is 9.37. The van der Waals surface area contributed by atoms with Crippen LogP contribution in [0.1, 0.15) is 24.7 Å². The highest BCUT2D eigenvalue weighted by molar-refractivity contribution is 14.0. The average molecular weight is 490 g/mol. The van der Waals surface area contributed by atoms with E-state index in [-0.39, 0.29) is 24.0 Å². The van der Waals surface area contributed by atoms with Crippen molar-refractivity contribution in [1.29, 1.82) is 0 Å². The number of nitrogens with zero attached hydrogens (tertiary/aromatic N) is 4. The third-order valence-electron chi connectivity index (χ3n) is 4.15. The summed E-state index contributed by atoms with van der Waals surface area (Å²) in [6, 6.07) is 20.6. The summed E-state index contributed by atoms with van der Waals surface area (Å²) < 4.78 is 1.96. The number of hydrogen-bond donors (Lipinski definition) is 2. The number of rotatable bonds is 8. The molecule has 1 heterocycles. The van der Waals surface area contributed by atoms with Crippen LogP contribution < -0.4 is 10.6 Å². The molecule has 3 rings (SSSR count). The fraction of sp³-hybridized carbons (Fsp3) is 0.286. The molecule has 6 nitrogen and oxygen atoms in total. The molecule has 0 saturated carbocycles. The minimum absolute atomic E-state index is 0. The predicted molar refractivity (Wildman–Crippen MR) is 124 cm³/mol. The molecule has 3 aromatic rings. The van der Waals surface area contributed by atoms with Gasteiger partial charge in [0.1, 0.15) is 12.9 Å². The van der Waals surface area contributed by atoms with Gasteiger partial charge in [-0.05, 0) is 37.5 Å². The van der Waals surface area contributed by atoms with Crippen LogP contribution in [0.3, 0.4) is 0 Å². The van der Waals surface area contributed by atoms with Crippen LogP contribution in [0.2, 0.25) is 0 Å². The van der Waals surface area contributed by atoms with Gasteiger partial charge in [0.15, 0.2) is 11.8 Å². The number of para-hydroxylation sites is 1. The highest BCUT2D eigenvalue weighted by atomic mass is 127. The average Bonchev–Trinajstić information content (AvgIpc) is 3.19. The summed E-state index contributed by atoms with van der Waals surface area (Å²) in [6.07, 6.45) is 3.82. The van der Waals surface area contributed by atoms with E-state index >= 15 is 0 Å². The van der Waals surface area contributed by atoms with E-state index < -0.39 is 0 Å². The van der Waals surface area contributed by atoms with Crippen LogP contribution in [0, 0.1) is 0 Å². The minimum Gasteiger partial charge on any atom is -0.357 e. The molecule has 0 amide bonds. The van der Waals surface area contributed by atoms with Crippen molar-refractivity contribution in [3.63, 3.8) is 0 Å². The Kier molecular flexibility index (Phi) is 9.47. The predicted octanol–water partition coefficient (Wildman–Crippen LogP) is 3.57. The van der Waals surface area contributed by atoms with Gasteiger partial charge in [-0.2, -0.15) is 0 Å². The Labute approximate surface area is 183 Å². The fourth-order valence-electron chi connectivity index (χ4n) is 2.81. The smallest absolute Gasteiger partial charge is 0.191 e. The van der Waals surface area contributed by atoms with Gasteiger partial charge in [0.2, 0.25) is 0 Å². The number of halogens is 1. The largest absolute Gasteiger partial charge is 0.357 e. The van der Waals surface area contributed by atoms with Crippen LogP contribution in [-0.2, 0) is 13.0 Å². The molecule has 2 aromatic carbocycles. The van der Waals surface area contributed by atoms with Crippen molar-refractivity contribution < 1.29 is 0 Å².